The summed E-state index contributed by atoms with van der Waals surface area (Å²) in [6.45, 7) is 4.87. The van der Waals surface area contributed by atoms with E-state index in [2.05, 4.69) is 0 Å². The van der Waals surface area contributed by atoms with Crippen molar-refractivity contribution in [3.05, 3.63) is 0 Å². The second-order valence-electron chi connectivity index (χ2n) is 3.00. The zero-order valence-electron chi connectivity index (χ0n) is 6.25. The molecule has 9 heavy (non-hydrogen) atoms. The van der Waals surface area contributed by atoms with E-state index in [0.29, 0.717) is 12.3 Å². The molecule has 0 aromatic carbocycles. The van der Waals surface area contributed by atoms with E-state index in [4.69, 9.17) is 0 Å². The van der Waals surface area contributed by atoms with Gasteiger partial charge in [0.05, 0.1) is 0 Å². The Morgan fingerprint density at radius 2 is 1.78 bits per heavy atom. The molecule has 0 nitrogen and oxygen atoms in total. The summed E-state index contributed by atoms with van der Waals surface area (Å²) < 4.78 is 24.2. The van der Waals surface area contributed by atoms with Crippen molar-refractivity contribution in [2.75, 3.05) is 0 Å². The molecule has 0 aromatic heterocycles. The monoisotopic (exact) mass is 136 g/mol. The van der Waals surface area contributed by atoms with Gasteiger partial charge in [-0.25, -0.2) is 8.78 Å². The molecule has 0 bridgehead atoms. The molecule has 0 heterocycles. The molecule has 0 fully saturated rings. The van der Waals surface area contributed by atoms with Crippen LogP contribution < -0.4 is 0 Å². The lowest BCUT2D eigenvalue weighted by Gasteiger charge is -2.10. The SMILES string of the molecule is CC(C)CCC(C)(F)F. The van der Waals surface area contributed by atoms with Gasteiger partial charge in [0.1, 0.15) is 0 Å². The average molecular weight is 136 g/mol. The summed E-state index contributed by atoms with van der Waals surface area (Å²) in [5.41, 5.74) is 0. The van der Waals surface area contributed by atoms with Crippen LogP contribution in [0.15, 0.2) is 0 Å². The Kier molecular flexibility index (Phi) is 3.09. The fourth-order valence-corrected chi connectivity index (χ4v) is 0.542. The van der Waals surface area contributed by atoms with E-state index in [1.165, 1.54) is 0 Å². The van der Waals surface area contributed by atoms with Crippen molar-refractivity contribution >= 4 is 0 Å². The van der Waals surface area contributed by atoms with Crippen molar-refractivity contribution in [3.63, 3.8) is 0 Å². The zero-order chi connectivity index (χ0) is 7.49. The van der Waals surface area contributed by atoms with Gasteiger partial charge in [0, 0.05) is 6.42 Å². The molecule has 2 heteroatoms. The number of hydrogen-bond acceptors (Lipinski definition) is 0. The van der Waals surface area contributed by atoms with Crippen molar-refractivity contribution in [1.82, 2.24) is 0 Å². The molecule has 0 aliphatic carbocycles. The molecular weight excluding hydrogens is 122 g/mol. The molecule has 0 amide bonds. The first-order valence-corrected chi connectivity index (χ1v) is 3.29. The van der Waals surface area contributed by atoms with Crippen LogP contribution in [0.2, 0.25) is 0 Å². The maximum Gasteiger partial charge on any atom is 0.245 e. The van der Waals surface area contributed by atoms with Crippen LogP contribution in [0.25, 0.3) is 0 Å². The zero-order valence-corrected chi connectivity index (χ0v) is 6.25. The standard InChI is InChI=1S/C7H14F2/c1-6(2)4-5-7(3,8)9/h6H,4-5H2,1-3H3. The Bertz CT molecular complexity index is 71.5. The van der Waals surface area contributed by atoms with Gasteiger partial charge in [-0.3, -0.25) is 0 Å². The molecule has 0 saturated heterocycles. The topological polar surface area (TPSA) is 0 Å². The van der Waals surface area contributed by atoms with Crippen LogP contribution in [0.4, 0.5) is 8.78 Å². The Morgan fingerprint density at radius 3 is 1.89 bits per heavy atom. The van der Waals surface area contributed by atoms with Crippen LogP contribution in [0.1, 0.15) is 33.6 Å². The average Bonchev–Trinajstić information content (AvgIpc) is 1.59. The Hall–Kier alpha value is -0.140. The number of hydrogen-bond donors (Lipinski definition) is 0. The van der Waals surface area contributed by atoms with Gasteiger partial charge < -0.3 is 0 Å². The second kappa shape index (κ2) is 3.14. The van der Waals surface area contributed by atoms with Crippen molar-refractivity contribution < 1.29 is 8.78 Å². The van der Waals surface area contributed by atoms with E-state index in [1.54, 1.807) is 0 Å². The molecule has 0 aromatic rings. The lowest BCUT2D eigenvalue weighted by atomic mass is 10.1. The van der Waals surface area contributed by atoms with Crippen LogP contribution >= 0.6 is 0 Å². The van der Waals surface area contributed by atoms with Crippen molar-refractivity contribution in [2.45, 2.75) is 39.5 Å². The van der Waals surface area contributed by atoms with E-state index in [-0.39, 0.29) is 6.42 Å². The Labute approximate surface area is 55.3 Å². The summed E-state index contributed by atoms with van der Waals surface area (Å²) in [7, 11) is 0. The number of rotatable bonds is 3. The maximum atomic E-state index is 12.1. The van der Waals surface area contributed by atoms with Crippen molar-refractivity contribution in [2.24, 2.45) is 5.92 Å². The smallest absolute Gasteiger partial charge is 0.207 e. The molecule has 0 aliphatic rings. The summed E-state index contributed by atoms with van der Waals surface area (Å²) in [5.74, 6) is -2.08. The predicted molar refractivity (Wildman–Crippen MR) is 34.7 cm³/mol. The first-order valence-electron chi connectivity index (χ1n) is 3.29. The molecule has 0 atom stereocenters. The third-order valence-electron chi connectivity index (χ3n) is 1.16. The van der Waals surface area contributed by atoms with Crippen molar-refractivity contribution in [3.8, 4) is 0 Å². The first-order chi connectivity index (χ1) is 3.92. The van der Waals surface area contributed by atoms with E-state index in [1.807, 2.05) is 13.8 Å². The summed E-state index contributed by atoms with van der Waals surface area (Å²) in [6, 6.07) is 0. The summed E-state index contributed by atoms with van der Waals surface area (Å²) in [6.07, 6.45) is 0.633. The fourth-order valence-electron chi connectivity index (χ4n) is 0.542. The summed E-state index contributed by atoms with van der Waals surface area (Å²) in [5, 5.41) is 0. The molecule has 0 unspecified atom stereocenters. The quantitative estimate of drug-likeness (QED) is 0.559. The first kappa shape index (κ1) is 8.86. The summed E-state index contributed by atoms with van der Waals surface area (Å²) in [4.78, 5) is 0. The molecule has 0 spiro atoms. The molecule has 56 valence electrons. The normalized spacial score (nSPS) is 12.7. The van der Waals surface area contributed by atoms with Crippen molar-refractivity contribution in [1.29, 1.82) is 0 Å². The van der Waals surface area contributed by atoms with Gasteiger partial charge in [-0.2, -0.15) is 0 Å². The van der Waals surface area contributed by atoms with Gasteiger partial charge in [-0.15, -0.1) is 0 Å². The van der Waals surface area contributed by atoms with Crippen LogP contribution in [-0.4, -0.2) is 5.92 Å². The largest absolute Gasteiger partial charge is 0.245 e. The highest BCUT2D eigenvalue weighted by molar-refractivity contribution is 4.58. The van der Waals surface area contributed by atoms with Crippen LogP contribution in [0.3, 0.4) is 0 Å². The van der Waals surface area contributed by atoms with E-state index >= 15 is 0 Å². The highest BCUT2D eigenvalue weighted by atomic mass is 19.3. The van der Waals surface area contributed by atoms with Gasteiger partial charge in [0.25, 0.3) is 0 Å². The molecule has 0 aliphatic heterocycles. The molecule has 0 radical (unpaired) electrons. The van der Waals surface area contributed by atoms with Crippen LogP contribution in [0.5, 0.6) is 0 Å². The highest BCUT2D eigenvalue weighted by Crippen LogP contribution is 2.21. The van der Waals surface area contributed by atoms with Crippen LogP contribution in [0, 0.1) is 5.92 Å². The molecule has 0 saturated carbocycles. The van der Waals surface area contributed by atoms with Gasteiger partial charge in [0.2, 0.25) is 5.92 Å². The molecular formula is C7H14F2. The maximum absolute atomic E-state index is 12.1. The highest BCUT2D eigenvalue weighted by Gasteiger charge is 2.20. The minimum atomic E-state index is -2.47. The third-order valence-corrected chi connectivity index (χ3v) is 1.16. The van der Waals surface area contributed by atoms with E-state index in [9.17, 15) is 8.78 Å². The Morgan fingerprint density at radius 1 is 1.33 bits per heavy atom. The number of halogens is 2. The molecule has 0 N–H and O–H groups in total. The van der Waals surface area contributed by atoms with E-state index in [0.717, 1.165) is 6.92 Å². The minimum absolute atomic E-state index is 0.0185. The Balaban J connectivity index is 3.28. The van der Waals surface area contributed by atoms with Crippen LogP contribution in [-0.2, 0) is 0 Å². The van der Waals surface area contributed by atoms with Gasteiger partial charge in [0.15, 0.2) is 0 Å². The lowest BCUT2D eigenvalue weighted by molar-refractivity contribution is 0.00782. The van der Waals surface area contributed by atoms with Gasteiger partial charge >= 0.3 is 0 Å². The second-order valence-corrected chi connectivity index (χ2v) is 3.00. The lowest BCUT2D eigenvalue weighted by Crippen LogP contribution is -2.10. The minimum Gasteiger partial charge on any atom is -0.207 e. The van der Waals surface area contributed by atoms with E-state index < -0.39 is 5.92 Å². The summed E-state index contributed by atoms with van der Waals surface area (Å²) >= 11 is 0. The van der Waals surface area contributed by atoms with Gasteiger partial charge in [-0.05, 0) is 19.3 Å². The van der Waals surface area contributed by atoms with Gasteiger partial charge in [-0.1, -0.05) is 13.8 Å². The fraction of sp³-hybridized carbons (Fsp3) is 1.00. The number of alkyl halides is 2. The predicted octanol–water partition coefficient (Wildman–Crippen LogP) is 3.08. The molecule has 0 rings (SSSR count). The third kappa shape index (κ3) is 7.86.